The van der Waals surface area contributed by atoms with Crippen LogP contribution >= 0.6 is 0 Å². The summed E-state index contributed by atoms with van der Waals surface area (Å²) in [5.41, 5.74) is 8.69. The molecule has 0 aliphatic heterocycles. The SMILES string of the molecule is CC(=O)Nc1cc(N(C)CCCN(C)C(=O)c2ccccc2C=O)ccc1N. The van der Waals surface area contributed by atoms with Crippen molar-refractivity contribution >= 4 is 35.2 Å². The summed E-state index contributed by atoms with van der Waals surface area (Å²) < 4.78 is 0. The molecule has 2 aromatic rings. The van der Waals surface area contributed by atoms with Gasteiger partial charge in [0.05, 0.1) is 16.9 Å². The van der Waals surface area contributed by atoms with Gasteiger partial charge in [-0.3, -0.25) is 14.4 Å². The van der Waals surface area contributed by atoms with Crippen molar-refractivity contribution in [2.24, 2.45) is 0 Å². The van der Waals surface area contributed by atoms with Crippen LogP contribution in [0.25, 0.3) is 0 Å². The Hall–Kier alpha value is -3.35. The second-order valence-corrected chi connectivity index (χ2v) is 6.66. The lowest BCUT2D eigenvalue weighted by Crippen LogP contribution is -2.31. The molecule has 0 aliphatic carbocycles. The Kier molecular flexibility index (Phi) is 7.14. The number of carbonyl (C=O) groups is 3. The number of carbonyl (C=O) groups excluding carboxylic acids is 3. The van der Waals surface area contributed by atoms with Gasteiger partial charge in [-0.25, -0.2) is 0 Å². The van der Waals surface area contributed by atoms with Gasteiger partial charge in [0.2, 0.25) is 5.91 Å². The molecule has 0 atom stereocenters. The Morgan fingerprint density at radius 3 is 2.50 bits per heavy atom. The molecule has 0 aliphatic rings. The quantitative estimate of drug-likeness (QED) is 0.540. The van der Waals surface area contributed by atoms with Crippen LogP contribution in [0, 0.1) is 0 Å². The van der Waals surface area contributed by atoms with E-state index in [2.05, 4.69) is 5.32 Å². The van der Waals surface area contributed by atoms with Crippen LogP contribution in [0.3, 0.4) is 0 Å². The Morgan fingerprint density at radius 2 is 1.82 bits per heavy atom. The van der Waals surface area contributed by atoms with Gasteiger partial charge in [0, 0.05) is 45.4 Å². The molecule has 0 bridgehead atoms. The summed E-state index contributed by atoms with van der Waals surface area (Å²) in [6, 6.07) is 12.2. The van der Waals surface area contributed by atoms with E-state index in [1.54, 1.807) is 42.3 Å². The van der Waals surface area contributed by atoms with Crippen LogP contribution in [-0.2, 0) is 4.79 Å². The lowest BCUT2D eigenvalue weighted by atomic mass is 10.1. The molecule has 28 heavy (non-hydrogen) atoms. The van der Waals surface area contributed by atoms with Crippen molar-refractivity contribution in [1.29, 1.82) is 0 Å². The van der Waals surface area contributed by atoms with Gasteiger partial charge in [-0.1, -0.05) is 18.2 Å². The van der Waals surface area contributed by atoms with Crippen molar-refractivity contribution in [1.82, 2.24) is 4.90 Å². The summed E-state index contributed by atoms with van der Waals surface area (Å²) in [7, 11) is 3.66. The first-order valence-corrected chi connectivity index (χ1v) is 9.01. The van der Waals surface area contributed by atoms with Crippen LogP contribution in [0.15, 0.2) is 42.5 Å². The highest BCUT2D eigenvalue weighted by molar-refractivity contribution is 6.01. The predicted octanol–water partition coefficient (Wildman–Crippen LogP) is 2.64. The fraction of sp³-hybridized carbons (Fsp3) is 0.286. The number of aldehydes is 1. The molecule has 2 rings (SSSR count). The van der Waals surface area contributed by atoms with Gasteiger partial charge >= 0.3 is 0 Å². The molecule has 0 aromatic heterocycles. The Balaban J connectivity index is 1.94. The highest BCUT2D eigenvalue weighted by Crippen LogP contribution is 2.25. The first kappa shape index (κ1) is 21.0. The fourth-order valence-corrected chi connectivity index (χ4v) is 2.86. The largest absolute Gasteiger partial charge is 0.397 e. The number of nitrogens with one attached hydrogen (secondary N) is 1. The van der Waals surface area contributed by atoms with Crippen molar-refractivity contribution < 1.29 is 14.4 Å². The van der Waals surface area contributed by atoms with E-state index in [9.17, 15) is 14.4 Å². The maximum atomic E-state index is 12.6. The molecule has 3 N–H and O–H groups in total. The third-order valence-corrected chi connectivity index (χ3v) is 4.44. The maximum Gasteiger partial charge on any atom is 0.254 e. The molecule has 0 saturated heterocycles. The van der Waals surface area contributed by atoms with E-state index < -0.39 is 0 Å². The Bertz CT molecular complexity index is 866. The van der Waals surface area contributed by atoms with E-state index in [1.807, 2.05) is 24.1 Å². The van der Waals surface area contributed by atoms with Crippen LogP contribution in [0.4, 0.5) is 17.1 Å². The van der Waals surface area contributed by atoms with E-state index in [4.69, 9.17) is 5.73 Å². The monoisotopic (exact) mass is 382 g/mol. The van der Waals surface area contributed by atoms with Crippen LogP contribution in [-0.4, -0.2) is 50.2 Å². The fourth-order valence-electron chi connectivity index (χ4n) is 2.86. The summed E-state index contributed by atoms with van der Waals surface area (Å²) in [5, 5.41) is 2.71. The molecular weight excluding hydrogens is 356 g/mol. The number of rotatable bonds is 8. The zero-order chi connectivity index (χ0) is 20.7. The van der Waals surface area contributed by atoms with E-state index >= 15 is 0 Å². The lowest BCUT2D eigenvalue weighted by Gasteiger charge is -2.23. The number of nitrogens with two attached hydrogens (primary N) is 1. The topological polar surface area (TPSA) is 95.7 Å². The molecule has 2 aromatic carbocycles. The summed E-state index contributed by atoms with van der Waals surface area (Å²) in [5.74, 6) is -0.354. The number of anilines is 3. The van der Waals surface area contributed by atoms with Crippen molar-refractivity contribution in [2.75, 3.05) is 43.1 Å². The number of nitrogens with zero attached hydrogens (tertiary/aromatic N) is 2. The minimum absolute atomic E-state index is 0.175. The number of benzene rings is 2. The molecule has 2 amide bonds. The van der Waals surface area contributed by atoms with Crippen molar-refractivity contribution in [3.63, 3.8) is 0 Å². The molecule has 0 radical (unpaired) electrons. The van der Waals surface area contributed by atoms with Gasteiger partial charge in [-0.2, -0.15) is 0 Å². The number of hydrogen-bond acceptors (Lipinski definition) is 5. The third kappa shape index (κ3) is 5.33. The molecule has 0 saturated carbocycles. The Morgan fingerprint density at radius 1 is 1.11 bits per heavy atom. The van der Waals surface area contributed by atoms with E-state index in [0.29, 0.717) is 41.9 Å². The summed E-state index contributed by atoms with van der Waals surface area (Å²) in [6.07, 6.45) is 1.43. The summed E-state index contributed by atoms with van der Waals surface area (Å²) >= 11 is 0. The van der Waals surface area contributed by atoms with Crippen molar-refractivity contribution in [3.8, 4) is 0 Å². The second kappa shape index (κ2) is 9.55. The zero-order valence-electron chi connectivity index (χ0n) is 16.4. The first-order valence-electron chi connectivity index (χ1n) is 9.01. The molecule has 0 unspecified atom stereocenters. The van der Waals surface area contributed by atoms with Gasteiger partial charge in [-0.05, 0) is 30.7 Å². The number of nitrogen functional groups attached to an aromatic ring is 1. The summed E-state index contributed by atoms with van der Waals surface area (Å²) in [6.45, 7) is 2.69. The van der Waals surface area contributed by atoms with Gasteiger partial charge in [-0.15, -0.1) is 0 Å². The molecule has 0 fully saturated rings. The van der Waals surface area contributed by atoms with Gasteiger partial charge in [0.15, 0.2) is 6.29 Å². The highest BCUT2D eigenvalue weighted by atomic mass is 16.2. The van der Waals surface area contributed by atoms with E-state index in [1.165, 1.54) is 6.92 Å². The Labute approximate surface area is 165 Å². The molecule has 7 nitrogen and oxygen atoms in total. The number of hydrogen-bond donors (Lipinski definition) is 2. The van der Waals surface area contributed by atoms with E-state index in [-0.39, 0.29) is 11.8 Å². The minimum Gasteiger partial charge on any atom is -0.397 e. The smallest absolute Gasteiger partial charge is 0.254 e. The molecule has 7 heteroatoms. The van der Waals surface area contributed by atoms with Crippen LogP contribution in [0.2, 0.25) is 0 Å². The molecule has 0 spiro atoms. The van der Waals surface area contributed by atoms with Gasteiger partial charge < -0.3 is 20.9 Å². The van der Waals surface area contributed by atoms with Crippen LogP contribution in [0.5, 0.6) is 0 Å². The predicted molar refractivity (Wildman–Crippen MR) is 112 cm³/mol. The minimum atomic E-state index is -0.178. The average molecular weight is 382 g/mol. The average Bonchev–Trinajstić information content (AvgIpc) is 2.68. The van der Waals surface area contributed by atoms with Crippen molar-refractivity contribution in [3.05, 3.63) is 53.6 Å². The summed E-state index contributed by atoms with van der Waals surface area (Å²) in [4.78, 5) is 38.6. The van der Waals surface area contributed by atoms with Crippen LogP contribution in [0.1, 0.15) is 34.1 Å². The van der Waals surface area contributed by atoms with Gasteiger partial charge in [0.25, 0.3) is 5.91 Å². The molecule has 148 valence electrons. The van der Waals surface area contributed by atoms with Crippen molar-refractivity contribution in [2.45, 2.75) is 13.3 Å². The van der Waals surface area contributed by atoms with E-state index in [0.717, 1.165) is 12.1 Å². The molecular formula is C21H26N4O3. The number of amides is 2. The zero-order valence-corrected chi connectivity index (χ0v) is 16.4. The van der Waals surface area contributed by atoms with Gasteiger partial charge in [0.1, 0.15) is 0 Å². The second-order valence-electron chi connectivity index (χ2n) is 6.66. The first-order chi connectivity index (χ1) is 13.3. The van der Waals surface area contributed by atoms with Crippen LogP contribution < -0.4 is 16.0 Å². The third-order valence-electron chi connectivity index (χ3n) is 4.44. The standard InChI is InChI=1S/C21H26N4O3/c1-15(27)23-20-13-17(9-10-19(20)22)24(2)11-6-12-25(3)21(28)18-8-5-4-7-16(18)14-26/h4-5,7-10,13-14H,6,11-12,22H2,1-3H3,(H,23,27). The normalized spacial score (nSPS) is 10.2. The highest BCUT2D eigenvalue weighted by Gasteiger charge is 2.15. The molecule has 0 heterocycles. The lowest BCUT2D eigenvalue weighted by molar-refractivity contribution is -0.114. The maximum absolute atomic E-state index is 12.6.